The van der Waals surface area contributed by atoms with Crippen molar-refractivity contribution < 1.29 is 4.74 Å². The van der Waals surface area contributed by atoms with Crippen molar-refractivity contribution in [3.05, 3.63) is 29.3 Å². The molecule has 0 spiro atoms. The number of hydrogen-bond donors (Lipinski definition) is 0. The number of rotatable bonds is 5. The summed E-state index contributed by atoms with van der Waals surface area (Å²) >= 11 is 0. The van der Waals surface area contributed by atoms with E-state index in [2.05, 4.69) is 51.0 Å². The zero-order valence-electron chi connectivity index (χ0n) is 11.5. The van der Waals surface area contributed by atoms with Gasteiger partial charge >= 0.3 is 0 Å². The summed E-state index contributed by atoms with van der Waals surface area (Å²) in [7, 11) is 4.22. The molecule has 98 valence electrons. The summed E-state index contributed by atoms with van der Waals surface area (Å²) in [5, 5.41) is 0. The predicted octanol–water partition coefficient (Wildman–Crippen LogP) is 3.31. The Morgan fingerprint density at radius 1 is 1.29 bits per heavy atom. The fraction of sp³-hybridized carbons (Fsp3) is 0.571. The minimum atomic E-state index is 0. The number of halogens is 1. The Bertz CT molecular complexity index is 339. The van der Waals surface area contributed by atoms with E-state index in [4.69, 9.17) is 4.74 Å². The molecule has 0 aliphatic rings. The topological polar surface area (TPSA) is 12.5 Å². The van der Waals surface area contributed by atoms with Crippen LogP contribution in [0.2, 0.25) is 0 Å². The number of ether oxygens (including phenoxy) is 1. The fourth-order valence-electron chi connectivity index (χ4n) is 1.66. The number of aryl methyl sites for hydroxylation is 1. The fourth-order valence-corrected chi connectivity index (χ4v) is 1.66. The van der Waals surface area contributed by atoms with Gasteiger partial charge in [0, 0.05) is 6.04 Å². The highest BCUT2D eigenvalue weighted by atomic mass is 35.5. The summed E-state index contributed by atoms with van der Waals surface area (Å²) < 4.78 is 5.65. The predicted molar refractivity (Wildman–Crippen MR) is 76.4 cm³/mol. The van der Waals surface area contributed by atoms with Crippen molar-refractivity contribution in [3.63, 3.8) is 0 Å². The maximum Gasteiger partial charge on any atom is 0.122 e. The van der Waals surface area contributed by atoms with Crippen LogP contribution in [0.5, 0.6) is 5.75 Å². The number of hydrogen-bond acceptors (Lipinski definition) is 2. The van der Waals surface area contributed by atoms with Crippen LogP contribution in [0.1, 0.15) is 25.0 Å². The first-order valence-electron chi connectivity index (χ1n) is 5.93. The third-order valence-electron chi connectivity index (χ3n) is 2.91. The summed E-state index contributed by atoms with van der Waals surface area (Å²) in [4.78, 5) is 2.23. The van der Waals surface area contributed by atoms with Gasteiger partial charge in [-0.2, -0.15) is 0 Å². The highest BCUT2D eigenvalue weighted by Gasteiger charge is 2.10. The van der Waals surface area contributed by atoms with Crippen molar-refractivity contribution in [2.75, 3.05) is 20.7 Å². The summed E-state index contributed by atoms with van der Waals surface area (Å²) in [6.07, 6.45) is 1.03. The van der Waals surface area contributed by atoms with Gasteiger partial charge in [0.2, 0.25) is 0 Å². The van der Waals surface area contributed by atoms with Crippen LogP contribution >= 0.6 is 12.4 Å². The Hall–Kier alpha value is -0.730. The average molecular weight is 258 g/mol. The SMILES string of the molecule is CCOc1ccc(C)cc1CC(C)N(C)C.Cl. The molecule has 0 aliphatic carbocycles. The van der Waals surface area contributed by atoms with Crippen LogP contribution in [0.25, 0.3) is 0 Å². The second kappa shape index (κ2) is 7.57. The molecule has 0 saturated heterocycles. The Morgan fingerprint density at radius 3 is 2.47 bits per heavy atom. The van der Waals surface area contributed by atoms with Gasteiger partial charge in [-0.15, -0.1) is 12.4 Å². The van der Waals surface area contributed by atoms with Gasteiger partial charge in [0.05, 0.1) is 6.61 Å². The molecule has 0 amide bonds. The first kappa shape index (κ1) is 16.3. The lowest BCUT2D eigenvalue weighted by Gasteiger charge is -2.21. The molecule has 0 N–H and O–H groups in total. The molecular weight excluding hydrogens is 234 g/mol. The molecule has 17 heavy (non-hydrogen) atoms. The third-order valence-corrected chi connectivity index (χ3v) is 2.91. The van der Waals surface area contributed by atoms with Gasteiger partial charge in [-0.05, 0) is 52.9 Å². The van der Waals surface area contributed by atoms with Gasteiger partial charge < -0.3 is 9.64 Å². The Balaban J connectivity index is 0.00000256. The molecule has 0 radical (unpaired) electrons. The van der Waals surface area contributed by atoms with Crippen LogP contribution in [0.15, 0.2) is 18.2 Å². The standard InChI is InChI=1S/C14H23NO.ClH/c1-6-16-14-8-7-11(2)9-13(14)10-12(3)15(4)5;/h7-9,12H,6,10H2,1-5H3;1H. The second-order valence-electron chi connectivity index (χ2n) is 4.56. The Labute approximate surface area is 111 Å². The number of benzene rings is 1. The Morgan fingerprint density at radius 2 is 1.94 bits per heavy atom. The van der Waals surface area contributed by atoms with E-state index < -0.39 is 0 Å². The van der Waals surface area contributed by atoms with Crippen LogP contribution in [0.3, 0.4) is 0 Å². The smallest absolute Gasteiger partial charge is 0.122 e. The lowest BCUT2D eigenvalue weighted by molar-refractivity contribution is 0.301. The van der Waals surface area contributed by atoms with Crippen molar-refractivity contribution in [3.8, 4) is 5.75 Å². The van der Waals surface area contributed by atoms with E-state index in [9.17, 15) is 0 Å². The van der Waals surface area contributed by atoms with E-state index in [-0.39, 0.29) is 12.4 Å². The summed E-state index contributed by atoms with van der Waals surface area (Å²) in [5.41, 5.74) is 2.60. The second-order valence-corrected chi connectivity index (χ2v) is 4.56. The van der Waals surface area contributed by atoms with Crippen molar-refractivity contribution in [1.82, 2.24) is 4.90 Å². The Kier molecular flexibility index (Phi) is 7.24. The van der Waals surface area contributed by atoms with Gasteiger partial charge in [-0.25, -0.2) is 0 Å². The van der Waals surface area contributed by atoms with Crippen LogP contribution in [-0.4, -0.2) is 31.6 Å². The quantitative estimate of drug-likeness (QED) is 0.803. The molecule has 0 saturated carbocycles. The summed E-state index contributed by atoms with van der Waals surface area (Å²) in [6.45, 7) is 7.11. The van der Waals surface area contributed by atoms with Gasteiger partial charge in [0.1, 0.15) is 5.75 Å². The molecule has 0 aliphatic heterocycles. The van der Waals surface area contributed by atoms with E-state index in [0.29, 0.717) is 6.04 Å². The summed E-state index contributed by atoms with van der Waals surface area (Å²) in [5.74, 6) is 1.03. The number of nitrogens with zero attached hydrogens (tertiary/aromatic N) is 1. The van der Waals surface area contributed by atoms with Crippen molar-refractivity contribution in [2.24, 2.45) is 0 Å². The highest BCUT2D eigenvalue weighted by Crippen LogP contribution is 2.22. The largest absolute Gasteiger partial charge is 0.494 e. The normalized spacial score (nSPS) is 12.1. The van der Waals surface area contributed by atoms with Gasteiger partial charge in [-0.3, -0.25) is 0 Å². The van der Waals surface area contributed by atoms with Crippen LogP contribution in [-0.2, 0) is 6.42 Å². The highest BCUT2D eigenvalue weighted by molar-refractivity contribution is 5.85. The molecule has 0 bridgehead atoms. The van der Waals surface area contributed by atoms with E-state index in [0.717, 1.165) is 18.8 Å². The maximum absolute atomic E-state index is 5.65. The first-order valence-corrected chi connectivity index (χ1v) is 5.93. The average Bonchev–Trinajstić information content (AvgIpc) is 2.22. The van der Waals surface area contributed by atoms with E-state index in [1.54, 1.807) is 0 Å². The van der Waals surface area contributed by atoms with Crippen LogP contribution in [0.4, 0.5) is 0 Å². The van der Waals surface area contributed by atoms with Gasteiger partial charge in [0.25, 0.3) is 0 Å². The summed E-state index contributed by atoms with van der Waals surface area (Å²) in [6, 6.07) is 6.94. The molecule has 1 aromatic rings. The third kappa shape index (κ3) is 4.97. The van der Waals surface area contributed by atoms with Crippen LogP contribution < -0.4 is 4.74 Å². The first-order chi connectivity index (χ1) is 7.54. The lowest BCUT2D eigenvalue weighted by atomic mass is 10.0. The van der Waals surface area contributed by atoms with Crippen molar-refractivity contribution in [2.45, 2.75) is 33.2 Å². The molecule has 0 fully saturated rings. The monoisotopic (exact) mass is 257 g/mol. The molecule has 1 unspecified atom stereocenters. The molecule has 1 atom stereocenters. The molecule has 0 heterocycles. The van der Waals surface area contributed by atoms with E-state index in [1.807, 2.05) is 6.92 Å². The van der Waals surface area contributed by atoms with Crippen molar-refractivity contribution in [1.29, 1.82) is 0 Å². The molecule has 1 aromatic carbocycles. The van der Waals surface area contributed by atoms with Gasteiger partial charge in [-0.1, -0.05) is 17.7 Å². The molecule has 1 rings (SSSR count). The molecule has 0 aromatic heterocycles. The molecular formula is C14H24ClNO. The van der Waals surface area contributed by atoms with E-state index in [1.165, 1.54) is 11.1 Å². The zero-order valence-corrected chi connectivity index (χ0v) is 12.3. The van der Waals surface area contributed by atoms with E-state index >= 15 is 0 Å². The number of likely N-dealkylation sites (N-methyl/N-ethyl adjacent to an activating group) is 1. The van der Waals surface area contributed by atoms with Crippen LogP contribution in [0, 0.1) is 6.92 Å². The minimum Gasteiger partial charge on any atom is -0.494 e. The van der Waals surface area contributed by atoms with Gasteiger partial charge in [0.15, 0.2) is 0 Å². The maximum atomic E-state index is 5.65. The lowest BCUT2D eigenvalue weighted by Crippen LogP contribution is -2.26. The molecule has 3 heteroatoms. The molecule has 2 nitrogen and oxygen atoms in total. The van der Waals surface area contributed by atoms with Crippen molar-refractivity contribution >= 4 is 12.4 Å². The zero-order chi connectivity index (χ0) is 12.1. The minimum absolute atomic E-state index is 0.